The molecule has 0 aliphatic carbocycles. The summed E-state index contributed by atoms with van der Waals surface area (Å²) in [6.07, 6.45) is 1.29. The standard InChI is InChI=1S/C27H29F2N3O2S/c1-5-21-22(31-24(35-21)19-15-16(28)11-12-20(19)29)23(27(2,3)4)30-13-8-14-32-25(33)17-9-6-7-10-18(17)26(32)34/h6-7,9-12,15,23,30H,5,8,13-14H2,1-4H3. The summed E-state index contributed by atoms with van der Waals surface area (Å²) in [7, 11) is 0. The van der Waals surface area contributed by atoms with Crippen molar-refractivity contribution in [2.45, 2.75) is 46.6 Å². The Hall–Kier alpha value is -2.97. The second kappa shape index (κ2) is 9.95. The molecule has 2 heterocycles. The number of carbonyl (C=O) groups is 2. The summed E-state index contributed by atoms with van der Waals surface area (Å²) in [5.74, 6) is -1.52. The van der Waals surface area contributed by atoms with Crippen molar-refractivity contribution in [1.82, 2.24) is 15.2 Å². The number of thiazole rings is 1. The first-order valence-corrected chi connectivity index (χ1v) is 12.6. The SMILES string of the molecule is CCc1sc(-c2cc(F)ccc2F)nc1C(NCCCN1C(=O)c2ccccc2C1=O)C(C)(C)C. The van der Waals surface area contributed by atoms with E-state index in [2.05, 4.69) is 26.1 Å². The molecule has 184 valence electrons. The molecular formula is C27H29F2N3O2S. The van der Waals surface area contributed by atoms with Crippen LogP contribution >= 0.6 is 11.3 Å². The zero-order chi connectivity index (χ0) is 25.3. The summed E-state index contributed by atoms with van der Waals surface area (Å²) < 4.78 is 28.2. The van der Waals surface area contributed by atoms with Gasteiger partial charge in [0, 0.05) is 17.0 Å². The third-order valence-electron chi connectivity index (χ3n) is 6.13. The molecule has 2 aromatic carbocycles. The molecule has 0 spiro atoms. The predicted octanol–water partition coefficient (Wildman–Crippen LogP) is 6.01. The van der Waals surface area contributed by atoms with Crippen molar-refractivity contribution < 1.29 is 18.4 Å². The molecule has 4 rings (SSSR count). The molecule has 5 nitrogen and oxygen atoms in total. The Morgan fingerprint density at radius 3 is 2.29 bits per heavy atom. The number of imide groups is 1. The first kappa shape index (κ1) is 25.1. The van der Waals surface area contributed by atoms with Crippen LogP contribution in [0.1, 0.15) is 71.4 Å². The molecular weight excluding hydrogens is 468 g/mol. The van der Waals surface area contributed by atoms with Crippen LogP contribution in [-0.2, 0) is 6.42 Å². The Kier molecular flexibility index (Phi) is 7.15. The number of hydrogen-bond acceptors (Lipinski definition) is 5. The van der Waals surface area contributed by atoms with E-state index in [4.69, 9.17) is 4.98 Å². The summed E-state index contributed by atoms with van der Waals surface area (Å²) in [4.78, 5) is 32.3. The largest absolute Gasteiger partial charge is 0.308 e. The van der Waals surface area contributed by atoms with Gasteiger partial charge in [0.25, 0.3) is 11.8 Å². The van der Waals surface area contributed by atoms with E-state index >= 15 is 0 Å². The molecule has 1 aliphatic heterocycles. The van der Waals surface area contributed by atoms with E-state index in [0.717, 1.165) is 22.7 Å². The summed E-state index contributed by atoms with van der Waals surface area (Å²) >= 11 is 1.38. The highest BCUT2D eigenvalue weighted by atomic mass is 32.1. The van der Waals surface area contributed by atoms with E-state index in [0.29, 0.717) is 42.1 Å². The second-order valence-electron chi connectivity index (χ2n) is 9.72. The number of fused-ring (bicyclic) bond motifs is 1. The number of hydrogen-bond donors (Lipinski definition) is 1. The molecule has 0 bridgehead atoms. The maximum atomic E-state index is 14.4. The Labute approximate surface area is 208 Å². The molecule has 35 heavy (non-hydrogen) atoms. The molecule has 0 fully saturated rings. The van der Waals surface area contributed by atoms with E-state index < -0.39 is 11.6 Å². The Morgan fingerprint density at radius 2 is 1.69 bits per heavy atom. The monoisotopic (exact) mass is 497 g/mol. The lowest BCUT2D eigenvalue weighted by Gasteiger charge is -2.31. The van der Waals surface area contributed by atoms with Gasteiger partial charge in [-0.15, -0.1) is 11.3 Å². The maximum absolute atomic E-state index is 14.4. The zero-order valence-electron chi connectivity index (χ0n) is 20.3. The van der Waals surface area contributed by atoms with Crippen LogP contribution in [0.2, 0.25) is 0 Å². The summed E-state index contributed by atoms with van der Waals surface area (Å²) in [5, 5.41) is 4.00. The van der Waals surface area contributed by atoms with E-state index in [1.165, 1.54) is 22.3 Å². The van der Waals surface area contributed by atoms with Crippen LogP contribution in [0.3, 0.4) is 0 Å². The van der Waals surface area contributed by atoms with E-state index in [1.54, 1.807) is 24.3 Å². The van der Waals surface area contributed by atoms with Gasteiger partial charge in [0.05, 0.1) is 22.9 Å². The van der Waals surface area contributed by atoms with Gasteiger partial charge in [0.2, 0.25) is 0 Å². The van der Waals surface area contributed by atoms with Crippen LogP contribution in [0.25, 0.3) is 10.6 Å². The molecule has 1 aromatic heterocycles. The molecule has 2 amide bonds. The first-order chi connectivity index (χ1) is 16.6. The Balaban J connectivity index is 1.49. The number of rotatable bonds is 8. The number of amides is 2. The quantitative estimate of drug-likeness (QED) is 0.306. The van der Waals surface area contributed by atoms with Crippen molar-refractivity contribution in [3.8, 4) is 10.6 Å². The van der Waals surface area contributed by atoms with Crippen molar-refractivity contribution in [2.24, 2.45) is 5.41 Å². The average molecular weight is 498 g/mol. The van der Waals surface area contributed by atoms with Gasteiger partial charge in [0.15, 0.2) is 0 Å². The van der Waals surface area contributed by atoms with Gasteiger partial charge in [-0.3, -0.25) is 14.5 Å². The van der Waals surface area contributed by atoms with Crippen molar-refractivity contribution in [2.75, 3.05) is 13.1 Å². The summed E-state index contributed by atoms with van der Waals surface area (Å²) in [6.45, 7) is 9.17. The lowest BCUT2D eigenvalue weighted by molar-refractivity contribution is 0.0651. The topological polar surface area (TPSA) is 62.3 Å². The lowest BCUT2D eigenvalue weighted by atomic mass is 9.84. The number of aryl methyl sites for hydroxylation is 1. The number of benzene rings is 2. The fourth-order valence-corrected chi connectivity index (χ4v) is 5.41. The number of carbonyl (C=O) groups excluding carboxylic acids is 2. The smallest absolute Gasteiger partial charge is 0.261 e. The molecule has 0 saturated carbocycles. The molecule has 1 atom stereocenters. The van der Waals surface area contributed by atoms with Crippen LogP contribution in [0.4, 0.5) is 8.78 Å². The van der Waals surface area contributed by atoms with Crippen LogP contribution in [-0.4, -0.2) is 34.8 Å². The van der Waals surface area contributed by atoms with Gasteiger partial charge in [-0.05, 0) is 55.1 Å². The van der Waals surface area contributed by atoms with E-state index in [-0.39, 0.29) is 28.8 Å². The first-order valence-electron chi connectivity index (χ1n) is 11.8. The van der Waals surface area contributed by atoms with Crippen molar-refractivity contribution in [3.63, 3.8) is 0 Å². The van der Waals surface area contributed by atoms with Gasteiger partial charge >= 0.3 is 0 Å². The summed E-state index contributed by atoms with van der Waals surface area (Å²) in [6, 6.07) is 10.1. The average Bonchev–Trinajstić information content (AvgIpc) is 3.34. The number of nitrogens with one attached hydrogen (secondary N) is 1. The van der Waals surface area contributed by atoms with Crippen molar-refractivity contribution in [3.05, 3.63) is 75.8 Å². The molecule has 1 aliphatic rings. The number of halogens is 2. The third kappa shape index (κ3) is 5.04. The van der Waals surface area contributed by atoms with Gasteiger partial charge in [-0.25, -0.2) is 13.8 Å². The molecule has 0 radical (unpaired) electrons. The maximum Gasteiger partial charge on any atom is 0.261 e. The minimum Gasteiger partial charge on any atom is -0.308 e. The molecule has 1 N–H and O–H groups in total. The lowest BCUT2D eigenvalue weighted by Crippen LogP contribution is -2.36. The van der Waals surface area contributed by atoms with Crippen molar-refractivity contribution >= 4 is 23.2 Å². The molecule has 8 heteroatoms. The highest BCUT2D eigenvalue weighted by molar-refractivity contribution is 7.15. The van der Waals surface area contributed by atoms with Gasteiger partial charge in [0.1, 0.15) is 16.6 Å². The molecule has 1 unspecified atom stereocenters. The predicted molar refractivity (Wildman–Crippen MR) is 133 cm³/mol. The highest BCUT2D eigenvalue weighted by Gasteiger charge is 2.35. The fourth-order valence-electron chi connectivity index (χ4n) is 4.36. The van der Waals surface area contributed by atoms with Crippen molar-refractivity contribution in [1.29, 1.82) is 0 Å². The van der Waals surface area contributed by atoms with Crippen LogP contribution in [0, 0.1) is 17.0 Å². The van der Waals surface area contributed by atoms with E-state index in [1.807, 2.05) is 6.92 Å². The normalized spacial score (nSPS) is 14.5. The molecule has 3 aromatic rings. The van der Waals surface area contributed by atoms with Gasteiger partial charge in [-0.2, -0.15) is 0 Å². The zero-order valence-corrected chi connectivity index (χ0v) is 21.1. The number of aromatic nitrogens is 1. The van der Waals surface area contributed by atoms with Crippen LogP contribution < -0.4 is 5.32 Å². The molecule has 0 saturated heterocycles. The highest BCUT2D eigenvalue weighted by Crippen LogP contribution is 2.39. The van der Waals surface area contributed by atoms with Crippen LogP contribution in [0.15, 0.2) is 42.5 Å². The number of nitrogens with zero attached hydrogens (tertiary/aromatic N) is 2. The minimum atomic E-state index is -0.505. The fraction of sp³-hybridized carbons (Fsp3) is 0.370. The minimum absolute atomic E-state index is 0.152. The Bertz CT molecular complexity index is 1230. The van der Waals surface area contributed by atoms with Gasteiger partial charge < -0.3 is 5.32 Å². The van der Waals surface area contributed by atoms with Crippen LogP contribution in [0.5, 0.6) is 0 Å². The van der Waals surface area contributed by atoms with E-state index in [9.17, 15) is 18.4 Å². The summed E-state index contributed by atoms with van der Waals surface area (Å²) in [5.41, 5.74) is 1.67. The Morgan fingerprint density at radius 1 is 1.03 bits per heavy atom. The second-order valence-corrected chi connectivity index (χ2v) is 10.8. The van der Waals surface area contributed by atoms with Gasteiger partial charge in [-0.1, -0.05) is 39.8 Å². The third-order valence-corrected chi connectivity index (χ3v) is 7.38.